The molecule has 6 heteroatoms. The minimum Gasteiger partial charge on any atom is -0.346 e. The minimum absolute atomic E-state index is 0.642. The van der Waals surface area contributed by atoms with E-state index in [-0.39, 0.29) is 0 Å². The highest BCUT2D eigenvalue weighted by Crippen LogP contribution is 2.38. The molecule has 4 heterocycles. The Morgan fingerprint density at radius 3 is 2.76 bits per heavy atom. The number of aromatic nitrogens is 4. The van der Waals surface area contributed by atoms with Crippen molar-refractivity contribution in [3.05, 3.63) is 78.5 Å². The van der Waals surface area contributed by atoms with Crippen LogP contribution in [0.5, 0.6) is 0 Å². The van der Waals surface area contributed by atoms with Gasteiger partial charge in [0, 0.05) is 47.9 Å². The van der Waals surface area contributed by atoms with E-state index in [4.69, 9.17) is 11.6 Å². The zero-order valence-electron chi connectivity index (χ0n) is 18.5. The fourth-order valence-electron chi connectivity index (χ4n) is 4.98. The maximum Gasteiger partial charge on any atom is 0.187 e. The molecule has 5 aromatic rings. The average molecular weight is 433 g/mol. The zero-order chi connectivity index (χ0) is 22.4. The van der Waals surface area contributed by atoms with Crippen molar-refractivity contribution in [3.63, 3.8) is 0 Å². The summed E-state index contributed by atoms with van der Waals surface area (Å²) in [7, 11) is 1.94. The highest BCUT2D eigenvalue weighted by Gasteiger charge is 2.19. The molecule has 33 heavy (non-hydrogen) atoms. The van der Waals surface area contributed by atoms with Gasteiger partial charge in [0.15, 0.2) is 5.69 Å². The largest absolute Gasteiger partial charge is 0.346 e. The Balaban J connectivity index is 1.54. The lowest BCUT2D eigenvalue weighted by molar-refractivity contribution is 0.491. The summed E-state index contributed by atoms with van der Waals surface area (Å²) in [4.78, 5) is 8.55. The third-order valence-corrected chi connectivity index (χ3v) is 6.62. The van der Waals surface area contributed by atoms with Gasteiger partial charge in [-0.25, -0.2) is 4.85 Å². The quantitative estimate of drug-likeness (QED) is 0.386. The Bertz CT molecular complexity index is 1510. The van der Waals surface area contributed by atoms with Gasteiger partial charge in [0.05, 0.1) is 29.5 Å². The molecular weight excluding hydrogens is 408 g/mol. The van der Waals surface area contributed by atoms with Crippen LogP contribution in [-0.2, 0) is 13.6 Å². The van der Waals surface area contributed by atoms with Crippen LogP contribution in [0.15, 0.2) is 67.1 Å². The monoisotopic (exact) mass is 432 g/mol. The van der Waals surface area contributed by atoms with Crippen molar-refractivity contribution < 1.29 is 0 Å². The first-order valence-electron chi connectivity index (χ1n) is 11.3. The number of nitrogens with one attached hydrogen (secondary N) is 1. The van der Waals surface area contributed by atoms with Crippen LogP contribution < -0.4 is 5.32 Å². The normalized spacial score (nSPS) is 15.9. The van der Waals surface area contributed by atoms with Crippen LogP contribution in [0, 0.1) is 12.5 Å². The van der Waals surface area contributed by atoms with Crippen molar-refractivity contribution in [3.8, 4) is 22.4 Å². The number of aryl methyl sites for hydroxylation is 1. The van der Waals surface area contributed by atoms with Crippen molar-refractivity contribution >= 4 is 27.5 Å². The Hall–Kier alpha value is -3.95. The number of pyridine rings is 1. The third-order valence-electron chi connectivity index (χ3n) is 6.62. The lowest BCUT2D eigenvalue weighted by Gasteiger charge is -2.14. The van der Waals surface area contributed by atoms with Crippen molar-refractivity contribution in [2.75, 3.05) is 13.1 Å². The van der Waals surface area contributed by atoms with Gasteiger partial charge < -0.3 is 9.88 Å². The van der Waals surface area contributed by atoms with E-state index in [9.17, 15) is 0 Å². The first-order chi connectivity index (χ1) is 16.2. The predicted molar refractivity (Wildman–Crippen MR) is 132 cm³/mol. The Morgan fingerprint density at radius 2 is 1.97 bits per heavy atom. The lowest BCUT2D eigenvalue weighted by atomic mass is 9.95. The van der Waals surface area contributed by atoms with Gasteiger partial charge in [-0.05, 0) is 49.2 Å². The van der Waals surface area contributed by atoms with Crippen molar-refractivity contribution in [2.24, 2.45) is 13.0 Å². The molecule has 0 spiro atoms. The number of fused-ring (bicyclic) bond motifs is 2. The Kier molecular flexibility index (Phi) is 4.70. The second kappa shape index (κ2) is 7.88. The Morgan fingerprint density at radius 1 is 1.12 bits per heavy atom. The smallest absolute Gasteiger partial charge is 0.187 e. The Labute approximate surface area is 192 Å². The molecule has 1 saturated heterocycles. The van der Waals surface area contributed by atoms with Gasteiger partial charge in [0.1, 0.15) is 0 Å². The van der Waals surface area contributed by atoms with Crippen molar-refractivity contribution in [2.45, 2.75) is 13.0 Å². The molecule has 0 bridgehead atoms. The van der Waals surface area contributed by atoms with Gasteiger partial charge in [-0.3, -0.25) is 9.67 Å². The van der Waals surface area contributed by atoms with E-state index < -0.39 is 0 Å². The second-order valence-corrected chi connectivity index (χ2v) is 8.84. The molecule has 2 aromatic carbocycles. The summed E-state index contributed by atoms with van der Waals surface area (Å²) in [6.07, 6.45) is 7.45. The molecule has 1 fully saturated rings. The number of benzene rings is 2. The van der Waals surface area contributed by atoms with E-state index >= 15 is 0 Å². The standard InChI is InChI=1S/C27H24N6/c1-28-22-6-3-19(4-7-22)26-23-10-12-33(16-18-9-11-29-14-18)25(23)15-30-27(26)20-5-8-24-21(13-20)17-32(2)31-24/h3-8,10,12-13,15,17-18,29H,9,11,14,16H2,2H3/t18-/m1/s1. The van der Waals surface area contributed by atoms with Gasteiger partial charge in [0.25, 0.3) is 0 Å². The van der Waals surface area contributed by atoms with E-state index in [0.717, 1.165) is 58.4 Å². The number of rotatable bonds is 4. The SMILES string of the molecule is [C-]#[N+]c1ccc(-c2c(-c3ccc4nn(C)cc4c3)ncc3c2ccn3C[C@@H]2CCNC2)cc1. The molecule has 0 unspecified atom stereocenters. The van der Waals surface area contributed by atoms with Gasteiger partial charge in [-0.15, -0.1) is 0 Å². The summed E-state index contributed by atoms with van der Waals surface area (Å²) in [5.41, 5.74) is 6.96. The fourth-order valence-corrected chi connectivity index (χ4v) is 4.98. The summed E-state index contributed by atoms with van der Waals surface area (Å²) < 4.78 is 4.18. The highest BCUT2D eigenvalue weighted by molar-refractivity contribution is 6.02. The molecule has 0 amide bonds. The van der Waals surface area contributed by atoms with E-state index in [2.05, 4.69) is 50.3 Å². The minimum atomic E-state index is 0.642. The highest BCUT2D eigenvalue weighted by atomic mass is 15.2. The maximum absolute atomic E-state index is 7.31. The topological polar surface area (TPSA) is 52.0 Å². The number of hydrogen-bond donors (Lipinski definition) is 1. The summed E-state index contributed by atoms with van der Waals surface area (Å²) in [6.45, 7) is 10.5. The van der Waals surface area contributed by atoms with Gasteiger partial charge >= 0.3 is 0 Å². The van der Waals surface area contributed by atoms with E-state index in [1.165, 1.54) is 11.8 Å². The van der Waals surface area contributed by atoms with Crippen LogP contribution in [0.2, 0.25) is 0 Å². The van der Waals surface area contributed by atoms with E-state index in [1.807, 2.05) is 48.4 Å². The third kappa shape index (κ3) is 3.47. The molecule has 6 nitrogen and oxygen atoms in total. The van der Waals surface area contributed by atoms with Crippen LogP contribution in [0.25, 0.3) is 49.0 Å². The molecule has 1 aliphatic heterocycles. The summed E-state index contributed by atoms with van der Waals surface area (Å²) in [5.74, 6) is 0.648. The molecule has 0 radical (unpaired) electrons. The van der Waals surface area contributed by atoms with Crippen molar-refractivity contribution in [1.29, 1.82) is 0 Å². The fraction of sp³-hybridized carbons (Fsp3) is 0.222. The van der Waals surface area contributed by atoms with Gasteiger partial charge in [-0.2, -0.15) is 5.10 Å². The van der Waals surface area contributed by atoms with Gasteiger partial charge in [-0.1, -0.05) is 30.3 Å². The van der Waals surface area contributed by atoms with Crippen LogP contribution in [0.1, 0.15) is 6.42 Å². The summed E-state index contributed by atoms with van der Waals surface area (Å²) in [6, 6.07) is 16.4. The zero-order valence-corrected chi connectivity index (χ0v) is 18.5. The maximum atomic E-state index is 7.31. The molecule has 6 rings (SSSR count). The molecule has 1 atom stereocenters. The molecule has 162 valence electrons. The van der Waals surface area contributed by atoms with Crippen LogP contribution >= 0.6 is 0 Å². The van der Waals surface area contributed by atoms with Crippen LogP contribution in [0.3, 0.4) is 0 Å². The van der Waals surface area contributed by atoms with E-state index in [1.54, 1.807) is 0 Å². The lowest BCUT2D eigenvalue weighted by Crippen LogP contribution is -2.14. The predicted octanol–water partition coefficient (Wildman–Crippen LogP) is 5.42. The summed E-state index contributed by atoms with van der Waals surface area (Å²) in [5, 5.41) is 10.3. The average Bonchev–Trinajstić information content (AvgIpc) is 3.58. The first kappa shape index (κ1) is 19.7. The van der Waals surface area contributed by atoms with Crippen molar-refractivity contribution in [1.82, 2.24) is 24.6 Å². The molecule has 1 N–H and O–H groups in total. The second-order valence-electron chi connectivity index (χ2n) is 8.84. The molecule has 0 saturated carbocycles. The molecule has 0 aliphatic carbocycles. The number of hydrogen-bond acceptors (Lipinski definition) is 3. The van der Waals surface area contributed by atoms with Crippen LogP contribution in [-0.4, -0.2) is 32.4 Å². The first-order valence-corrected chi connectivity index (χ1v) is 11.3. The molecular formula is C27H24N6. The molecule has 3 aromatic heterocycles. The summed E-state index contributed by atoms with van der Waals surface area (Å²) >= 11 is 0. The number of nitrogens with zero attached hydrogens (tertiary/aromatic N) is 5. The molecule has 1 aliphatic rings. The van der Waals surface area contributed by atoms with E-state index in [0.29, 0.717) is 11.6 Å². The van der Waals surface area contributed by atoms with Gasteiger partial charge in [0.2, 0.25) is 0 Å². The van der Waals surface area contributed by atoms with Crippen LogP contribution in [0.4, 0.5) is 5.69 Å².